The Morgan fingerprint density at radius 3 is 2.50 bits per heavy atom. The zero-order chi connectivity index (χ0) is 20.1. The van der Waals surface area contributed by atoms with Gasteiger partial charge in [0.15, 0.2) is 0 Å². The molecule has 3 aromatic rings. The van der Waals surface area contributed by atoms with E-state index >= 15 is 0 Å². The van der Waals surface area contributed by atoms with Gasteiger partial charge in [-0.2, -0.15) is 18.4 Å². The van der Waals surface area contributed by atoms with Gasteiger partial charge in [-0.25, -0.2) is 18.7 Å². The number of halogens is 5. The summed E-state index contributed by atoms with van der Waals surface area (Å²) in [5, 5.41) is 15.8. The van der Waals surface area contributed by atoms with Crippen molar-refractivity contribution in [2.45, 2.75) is 12.2 Å². The molecule has 1 atom stereocenters. The second kappa shape index (κ2) is 8.21. The number of tetrazole rings is 1. The summed E-state index contributed by atoms with van der Waals surface area (Å²) < 4.78 is 68.8. The Balaban J connectivity index is 1.78. The van der Waals surface area contributed by atoms with Crippen molar-refractivity contribution >= 4 is 5.95 Å². The standard InChI is InChI=1S/C15H12F5N7O/c16-9-1-2-10(11(17)3-9)12(6-28-7-15(18,19)20)23-14-21-4-8(5-22-14)13-24-26-27-25-13/h1-5,12H,6-7H2,(H,21,22,23)(H,24,25,26,27). The van der Waals surface area contributed by atoms with E-state index in [1.807, 2.05) is 0 Å². The molecular formula is C15H12F5N7O. The highest BCUT2D eigenvalue weighted by molar-refractivity contribution is 5.51. The van der Waals surface area contributed by atoms with E-state index in [4.69, 9.17) is 0 Å². The minimum Gasteiger partial charge on any atom is -0.370 e. The first-order chi connectivity index (χ1) is 13.3. The number of anilines is 1. The van der Waals surface area contributed by atoms with Crippen LogP contribution in [0.15, 0.2) is 30.6 Å². The highest BCUT2D eigenvalue weighted by Crippen LogP contribution is 2.24. The number of nitrogens with one attached hydrogen (secondary N) is 2. The summed E-state index contributed by atoms with van der Waals surface area (Å²) >= 11 is 0. The molecule has 2 heterocycles. The number of aromatic amines is 1. The molecule has 0 aliphatic rings. The quantitative estimate of drug-likeness (QED) is 0.587. The third kappa shape index (κ3) is 5.16. The van der Waals surface area contributed by atoms with E-state index in [9.17, 15) is 22.0 Å². The lowest BCUT2D eigenvalue weighted by Gasteiger charge is -2.20. The van der Waals surface area contributed by atoms with Crippen LogP contribution in [0.3, 0.4) is 0 Å². The van der Waals surface area contributed by atoms with E-state index in [2.05, 4.69) is 40.6 Å². The highest BCUT2D eigenvalue weighted by Gasteiger charge is 2.28. The van der Waals surface area contributed by atoms with Gasteiger partial charge >= 0.3 is 6.18 Å². The topological polar surface area (TPSA) is 102 Å². The van der Waals surface area contributed by atoms with Gasteiger partial charge < -0.3 is 10.1 Å². The Morgan fingerprint density at radius 2 is 1.89 bits per heavy atom. The molecule has 2 N–H and O–H groups in total. The Morgan fingerprint density at radius 1 is 1.14 bits per heavy atom. The fraction of sp³-hybridized carbons (Fsp3) is 0.267. The molecule has 148 valence electrons. The molecule has 0 spiro atoms. The SMILES string of the molecule is Fc1ccc(C(COCC(F)(F)F)Nc2ncc(-c3nn[nH]n3)cn2)c(F)c1. The number of hydrogen-bond acceptors (Lipinski definition) is 7. The predicted molar refractivity (Wildman–Crippen MR) is 84.8 cm³/mol. The summed E-state index contributed by atoms with van der Waals surface area (Å²) in [6, 6.07) is 1.61. The molecule has 13 heteroatoms. The van der Waals surface area contributed by atoms with Crippen molar-refractivity contribution in [2.75, 3.05) is 18.5 Å². The molecule has 0 fully saturated rings. The second-order valence-corrected chi connectivity index (χ2v) is 5.52. The minimum absolute atomic E-state index is 0.0171. The molecule has 28 heavy (non-hydrogen) atoms. The van der Waals surface area contributed by atoms with E-state index in [0.29, 0.717) is 11.6 Å². The van der Waals surface area contributed by atoms with Crippen molar-refractivity contribution < 1.29 is 26.7 Å². The third-order valence-electron chi connectivity index (χ3n) is 3.45. The van der Waals surface area contributed by atoms with Gasteiger partial charge in [-0.1, -0.05) is 6.07 Å². The molecule has 0 saturated carbocycles. The van der Waals surface area contributed by atoms with Crippen LogP contribution in [-0.2, 0) is 4.74 Å². The maximum atomic E-state index is 14.1. The zero-order valence-electron chi connectivity index (χ0n) is 13.9. The molecule has 0 radical (unpaired) electrons. The highest BCUT2D eigenvalue weighted by atomic mass is 19.4. The first-order valence-electron chi connectivity index (χ1n) is 7.73. The van der Waals surface area contributed by atoms with Crippen LogP contribution in [0.1, 0.15) is 11.6 Å². The van der Waals surface area contributed by atoms with Crippen LogP contribution in [0.2, 0.25) is 0 Å². The molecule has 0 saturated heterocycles. The fourth-order valence-electron chi connectivity index (χ4n) is 2.24. The van der Waals surface area contributed by atoms with Gasteiger partial charge in [-0.05, 0) is 11.3 Å². The molecule has 0 aliphatic carbocycles. The number of nitrogens with zero attached hydrogens (tertiary/aromatic N) is 5. The maximum absolute atomic E-state index is 14.1. The average Bonchev–Trinajstić information content (AvgIpc) is 3.15. The van der Waals surface area contributed by atoms with E-state index < -0.39 is 37.1 Å². The number of ether oxygens (including phenoxy) is 1. The average molecular weight is 401 g/mol. The van der Waals surface area contributed by atoms with Crippen LogP contribution in [0, 0.1) is 11.6 Å². The predicted octanol–water partition coefficient (Wildman–Crippen LogP) is 2.67. The van der Waals surface area contributed by atoms with E-state index in [0.717, 1.165) is 12.1 Å². The fourth-order valence-corrected chi connectivity index (χ4v) is 2.24. The Bertz CT molecular complexity index is 902. The molecule has 3 rings (SSSR count). The molecule has 0 aliphatic heterocycles. The summed E-state index contributed by atoms with van der Waals surface area (Å²) in [6.07, 6.45) is -1.86. The summed E-state index contributed by atoms with van der Waals surface area (Å²) in [4.78, 5) is 7.97. The smallest absolute Gasteiger partial charge is 0.370 e. The number of hydrogen-bond donors (Lipinski definition) is 2. The number of rotatable bonds is 7. The van der Waals surface area contributed by atoms with Crippen molar-refractivity contribution in [1.82, 2.24) is 30.6 Å². The first-order valence-corrected chi connectivity index (χ1v) is 7.73. The number of H-pyrrole nitrogens is 1. The normalized spacial score (nSPS) is 12.8. The van der Waals surface area contributed by atoms with Gasteiger partial charge in [0.05, 0.1) is 18.2 Å². The van der Waals surface area contributed by atoms with E-state index in [1.54, 1.807) is 0 Å². The molecule has 1 aromatic carbocycles. The van der Waals surface area contributed by atoms with Gasteiger partial charge in [0.25, 0.3) is 0 Å². The number of benzene rings is 1. The largest absolute Gasteiger partial charge is 0.411 e. The van der Waals surface area contributed by atoms with Crippen molar-refractivity contribution in [2.24, 2.45) is 0 Å². The molecule has 8 nitrogen and oxygen atoms in total. The van der Waals surface area contributed by atoms with Crippen LogP contribution >= 0.6 is 0 Å². The lowest BCUT2D eigenvalue weighted by atomic mass is 10.1. The van der Waals surface area contributed by atoms with Gasteiger partial charge in [-0.3, -0.25) is 0 Å². The summed E-state index contributed by atoms with van der Waals surface area (Å²) in [5.74, 6) is -1.55. The monoisotopic (exact) mass is 401 g/mol. The van der Waals surface area contributed by atoms with E-state index in [-0.39, 0.29) is 17.3 Å². The Kier molecular flexibility index (Phi) is 5.73. The zero-order valence-corrected chi connectivity index (χ0v) is 13.9. The molecule has 1 unspecified atom stereocenters. The maximum Gasteiger partial charge on any atom is 0.411 e. The van der Waals surface area contributed by atoms with E-state index in [1.165, 1.54) is 12.4 Å². The minimum atomic E-state index is -4.55. The van der Waals surface area contributed by atoms with Gasteiger partial charge in [0.1, 0.15) is 18.2 Å². The van der Waals surface area contributed by atoms with Crippen molar-refractivity contribution in [1.29, 1.82) is 0 Å². The van der Waals surface area contributed by atoms with Gasteiger partial charge in [-0.15, -0.1) is 10.2 Å². The van der Waals surface area contributed by atoms with Crippen LogP contribution in [0.5, 0.6) is 0 Å². The van der Waals surface area contributed by atoms with Crippen LogP contribution in [0.4, 0.5) is 27.9 Å². The first kappa shape index (κ1) is 19.5. The summed E-state index contributed by atoms with van der Waals surface area (Å²) in [7, 11) is 0. The summed E-state index contributed by atoms with van der Waals surface area (Å²) in [5.41, 5.74) is 0.326. The Hall–Kier alpha value is -3.22. The van der Waals surface area contributed by atoms with Crippen molar-refractivity contribution in [3.8, 4) is 11.4 Å². The lowest BCUT2D eigenvalue weighted by molar-refractivity contribution is -0.174. The molecular weight excluding hydrogens is 389 g/mol. The van der Waals surface area contributed by atoms with Crippen LogP contribution in [-0.4, -0.2) is 50.0 Å². The number of aromatic nitrogens is 6. The molecule has 0 amide bonds. The summed E-state index contributed by atoms with van der Waals surface area (Å²) in [6.45, 7) is -2.08. The third-order valence-corrected chi connectivity index (χ3v) is 3.45. The van der Waals surface area contributed by atoms with Crippen LogP contribution < -0.4 is 5.32 Å². The van der Waals surface area contributed by atoms with Crippen molar-refractivity contribution in [3.05, 3.63) is 47.8 Å². The lowest BCUT2D eigenvalue weighted by Crippen LogP contribution is -2.24. The molecule has 2 aromatic heterocycles. The van der Waals surface area contributed by atoms with Crippen LogP contribution in [0.25, 0.3) is 11.4 Å². The van der Waals surface area contributed by atoms with Gasteiger partial charge in [0, 0.05) is 24.0 Å². The second-order valence-electron chi connectivity index (χ2n) is 5.52. The van der Waals surface area contributed by atoms with Gasteiger partial charge in [0.2, 0.25) is 11.8 Å². The Labute approximate surface area is 154 Å². The van der Waals surface area contributed by atoms with Crippen molar-refractivity contribution in [3.63, 3.8) is 0 Å². The molecule has 0 bridgehead atoms. The number of alkyl halides is 3.